The smallest absolute Gasteiger partial charge is 0.269 e. The summed E-state index contributed by atoms with van der Waals surface area (Å²) in [7, 11) is 0. The summed E-state index contributed by atoms with van der Waals surface area (Å²) in [6, 6.07) is 1.80. The number of amides is 1. The molecule has 1 aromatic rings. The van der Waals surface area contributed by atoms with Crippen LogP contribution in [0.25, 0.3) is 0 Å². The fraction of sp³-hybridized carbons (Fsp3) is 0.636. The van der Waals surface area contributed by atoms with Crippen LogP contribution in [-0.4, -0.2) is 28.1 Å². The maximum Gasteiger partial charge on any atom is 0.269 e. The maximum absolute atomic E-state index is 11.8. The minimum absolute atomic E-state index is 0.0839. The van der Waals surface area contributed by atoms with Crippen LogP contribution < -0.4 is 5.32 Å². The number of nitrogens with one attached hydrogen (secondary N) is 1. The average Bonchev–Trinajstić information content (AvgIpc) is 2.66. The first-order chi connectivity index (χ1) is 7.58. The lowest BCUT2D eigenvalue weighted by Gasteiger charge is -2.09. The molecule has 1 atom stereocenters. The molecule has 1 amide bonds. The molecule has 0 aliphatic heterocycles. The number of hydrogen-bond donors (Lipinski definition) is 1. The van der Waals surface area contributed by atoms with Crippen molar-refractivity contribution in [2.24, 2.45) is 5.92 Å². The predicted octanol–water partition coefficient (Wildman–Crippen LogP) is 1.82. The zero-order chi connectivity index (χ0) is 12.1. The summed E-state index contributed by atoms with van der Waals surface area (Å²) in [4.78, 5) is 11.8. The van der Waals surface area contributed by atoms with Gasteiger partial charge in [-0.05, 0) is 25.8 Å². The van der Waals surface area contributed by atoms with Gasteiger partial charge >= 0.3 is 0 Å². The normalized spacial score (nSPS) is 12.5. The zero-order valence-corrected chi connectivity index (χ0v) is 10.7. The Morgan fingerprint density at radius 2 is 2.38 bits per heavy atom. The predicted molar refractivity (Wildman–Crippen MR) is 64.9 cm³/mol. The summed E-state index contributed by atoms with van der Waals surface area (Å²) >= 11 is 5.68. The highest BCUT2D eigenvalue weighted by molar-refractivity contribution is 6.18. The van der Waals surface area contributed by atoms with E-state index in [4.69, 9.17) is 11.6 Å². The Labute approximate surface area is 101 Å². The summed E-state index contributed by atoms with van der Waals surface area (Å²) in [5, 5.41) is 7.08. The van der Waals surface area contributed by atoms with E-state index in [2.05, 4.69) is 10.4 Å². The number of aromatic nitrogens is 2. The Bertz CT molecular complexity index is 362. The van der Waals surface area contributed by atoms with Gasteiger partial charge in [0.15, 0.2) is 0 Å². The second kappa shape index (κ2) is 5.89. The van der Waals surface area contributed by atoms with E-state index < -0.39 is 0 Å². The van der Waals surface area contributed by atoms with Crippen molar-refractivity contribution in [3.8, 4) is 0 Å². The number of alkyl halides is 1. The highest BCUT2D eigenvalue weighted by Crippen LogP contribution is 2.04. The van der Waals surface area contributed by atoms with Gasteiger partial charge in [0.05, 0.1) is 5.69 Å². The molecule has 1 unspecified atom stereocenters. The number of halogens is 1. The number of carbonyl (C=O) groups excluding carboxylic acids is 1. The van der Waals surface area contributed by atoms with E-state index in [0.29, 0.717) is 24.7 Å². The third-order valence-corrected chi connectivity index (χ3v) is 2.84. The molecule has 0 spiro atoms. The van der Waals surface area contributed by atoms with Gasteiger partial charge in [-0.1, -0.05) is 6.92 Å². The molecule has 1 heterocycles. The molecule has 0 aliphatic carbocycles. The first kappa shape index (κ1) is 13.0. The van der Waals surface area contributed by atoms with Crippen molar-refractivity contribution < 1.29 is 4.79 Å². The van der Waals surface area contributed by atoms with E-state index in [0.717, 1.165) is 5.69 Å². The van der Waals surface area contributed by atoms with Crippen molar-refractivity contribution in [3.63, 3.8) is 0 Å². The number of carbonyl (C=O) groups is 1. The van der Waals surface area contributed by atoms with Crippen molar-refractivity contribution in [3.05, 3.63) is 17.5 Å². The molecular formula is C11H18ClN3O. The number of rotatable bonds is 5. The minimum Gasteiger partial charge on any atom is -0.350 e. The summed E-state index contributed by atoms with van der Waals surface area (Å²) in [5.74, 6) is 0.746. The van der Waals surface area contributed by atoms with Crippen LogP contribution in [0.3, 0.4) is 0 Å². The zero-order valence-electron chi connectivity index (χ0n) is 9.96. The van der Waals surface area contributed by atoms with Gasteiger partial charge in [0, 0.05) is 19.0 Å². The van der Waals surface area contributed by atoms with Crippen molar-refractivity contribution in [2.45, 2.75) is 27.3 Å². The third-order valence-electron chi connectivity index (χ3n) is 2.31. The van der Waals surface area contributed by atoms with Gasteiger partial charge in [0.25, 0.3) is 5.91 Å². The first-order valence-corrected chi connectivity index (χ1v) is 6.00. The van der Waals surface area contributed by atoms with E-state index in [1.54, 1.807) is 10.7 Å². The highest BCUT2D eigenvalue weighted by atomic mass is 35.5. The molecule has 16 heavy (non-hydrogen) atoms. The van der Waals surface area contributed by atoms with E-state index in [1.807, 2.05) is 20.8 Å². The van der Waals surface area contributed by atoms with Gasteiger partial charge < -0.3 is 5.32 Å². The van der Waals surface area contributed by atoms with Crippen LogP contribution in [0.15, 0.2) is 6.07 Å². The molecule has 1 aromatic heterocycles. The monoisotopic (exact) mass is 243 g/mol. The molecule has 0 aromatic carbocycles. The van der Waals surface area contributed by atoms with Crippen molar-refractivity contribution in [1.82, 2.24) is 15.1 Å². The summed E-state index contributed by atoms with van der Waals surface area (Å²) < 4.78 is 1.70. The molecule has 0 fully saturated rings. The lowest BCUT2D eigenvalue weighted by molar-refractivity contribution is 0.0938. The maximum atomic E-state index is 11.8. The van der Waals surface area contributed by atoms with Crippen LogP contribution in [0.5, 0.6) is 0 Å². The molecule has 5 heteroatoms. The van der Waals surface area contributed by atoms with Gasteiger partial charge in [-0.3, -0.25) is 9.48 Å². The largest absolute Gasteiger partial charge is 0.350 e. The Morgan fingerprint density at radius 1 is 1.69 bits per heavy atom. The Hall–Kier alpha value is -1.03. The van der Waals surface area contributed by atoms with Crippen LogP contribution >= 0.6 is 11.6 Å². The summed E-state index contributed by atoms with van der Waals surface area (Å²) in [6.07, 6.45) is 0. The topological polar surface area (TPSA) is 46.9 Å². The summed E-state index contributed by atoms with van der Waals surface area (Å²) in [6.45, 7) is 7.13. The Balaban J connectivity index is 2.65. The average molecular weight is 244 g/mol. The van der Waals surface area contributed by atoms with Crippen LogP contribution in [0, 0.1) is 12.8 Å². The molecule has 0 bridgehead atoms. The van der Waals surface area contributed by atoms with Crippen LogP contribution in [0.2, 0.25) is 0 Å². The third kappa shape index (κ3) is 3.23. The molecular weight excluding hydrogens is 226 g/mol. The Kier molecular flexibility index (Phi) is 4.80. The summed E-state index contributed by atoms with van der Waals surface area (Å²) in [5.41, 5.74) is 1.47. The fourth-order valence-corrected chi connectivity index (χ4v) is 1.49. The van der Waals surface area contributed by atoms with Gasteiger partial charge in [-0.2, -0.15) is 5.10 Å². The molecule has 1 N–H and O–H groups in total. The Morgan fingerprint density at radius 3 is 2.94 bits per heavy atom. The van der Waals surface area contributed by atoms with Crippen LogP contribution in [0.1, 0.15) is 30.0 Å². The minimum atomic E-state index is -0.0839. The first-order valence-electron chi connectivity index (χ1n) is 5.47. The van der Waals surface area contributed by atoms with E-state index in [-0.39, 0.29) is 11.8 Å². The van der Waals surface area contributed by atoms with Crippen LogP contribution in [-0.2, 0) is 6.54 Å². The van der Waals surface area contributed by atoms with Gasteiger partial charge in [-0.15, -0.1) is 11.6 Å². The van der Waals surface area contributed by atoms with E-state index >= 15 is 0 Å². The molecule has 1 rings (SSSR count). The highest BCUT2D eigenvalue weighted by Gasteiger charge is 2.13. The fourth-order valence-electron chi connectivity index (χ4n) is 1.38. The van der Waals surface area contributed by atoms with E-state index in [1.165, 1.54) is 0 Å². The molecule has 0 radical (unpaired) electrons. The number of hydrogen-bond acceptors (Lipinski definition) is 2. The van der Waals surface area contributed by atoms with Crippen molar-refractivity contribution in [1.29, 1.82) is 0 Å². The van der Waals surface area contributed by atoms with Crippen molar-refractivity contribution >= 4 is 17.5 Å². The molecule has 0 saturated carbocycles. The standard InChI is InChI=1S/C11H18ClN3O/c1-4-15-10(5-9(3)14-15)11(16)13-7-8(2)6-12/h5,8H,4,6-7H2,1-3H3,(H,13,16). The molecule has 90 valence electrons. The lowest BCUT2D eigenvalue weighted by atomic mass is 10.2. The number of nitrogens with zero attached hydrogens (tertiary/aromatic N) is 2. The molecule has 0 saturated heterocycles. The van der Waals surface area contributed by atoms with E-state index in [9.17, 15) is 4.79 Å². The van der Waals surface area contributed by atoms with Crippen molar-refractivity contribution in [2.75, 3.05) is 12.4 Å². The SMILES string of the molecule is CCn1nc(C)cc1C(=O)NCC(C)CCl. The van der Waals surface area contributed by atoms with Gasteiger partial charge in [0.2, 0.25) is 0 Å². The second-order valence-corrected chi connectivity index (χ2v) is 4.26. The quantitative estimate of drug-likeness (QED) is 0.802. The molecule has 0 aliphatic rings. The number of aryl methyl sites for hydroxylation is 2. The van der Waals surface area contributed by atoms with Gasteiger partial charge in [0.1, 0.15) is 5.69 Å². The molecule has 4 nitrogen and oxygen atoms in total. The van der Waals surface area contributed by atoms with Crippen LogP contribution in [0.4, 0.5) is 0 Å². The second-order valence-electron chi connectivity index (χ2n) is 3.96. The van der Waals surface area contributed by atoms with Gasteiger partial charge in [-0.25, -0.2) is 0 Å². The lowest BCUT2D eigenvalue weighted by Crippen LogP contribution is -2.30.